The number of methoxy groups -OCH3 is 1. The summed E-state index contributed by atoms with van der Waals surface area (Å²) in [5.41, 5.74) is 1.69. The largest absolute Gasteiger partial charge is 0.385 e. The van der Waals surface area contributed by atoms with Crippen molar-refractivity contribution in [2.24, 2.45) is 0 Å². The molecule has 4 nitrogen and oxygen atoms in total. The summed E-state index contributed by atoms with van der Waals surface area (Å²) in [7, 11) is 1.69. The molecule has 1 heterocycles. The summed E-state index contributed by atoms with van der Waals surface area (Å²) in [5.74, 6) is 0.684. The Labute approximate surface area is 125 Å². The Morgan fingerprint density at radius 3 is 2.90 bits per heavy atom. The van der Waals surface area contributed by atoms with Crippen molar-refractivity contribution < 1.29 is 9.13 Å². The molecule has 0 amide bonds. The molecule has 2 rings (SSSR count). The highest BCUT2D eigenvalue weighted by atomic mass is 19.1. The van der Waals surface area contributed by atoms with Gasteiger partial charge in [0.05, 0.1) is 5.69 Å². The van der Waals surface area contributed by atoms with E-state index in [4.69, 9.17) is 4.74 Å². The molecule has 0 bridgehead atoms. The minimum Gasteiger partial charge on any atom is -0.385 e. The fourth-order valence-electron chi connectivity index (χ4n) is 2.22. The van der Waals surface area contributed by atoms with Crippen LogP contribution in [-0.2, 0) is 17.7 Å². The van der Waals surface area contributed by atoms with Crippen LogP contribution in [0.5, 0.6) is 0 Å². The van der Waals surface area contributed by atoms with Crippen LogP contribution >= 0.6 is 0 Å². The number of hydrogen-bond donors (Lipinski definition) is 1. The van der Waals surface area contributed by atoms with Crippen LogP contribution in [0.3, 0.4) is 0 Å². The Morgan fingerprint density at radius 2 is 2.14 bits per heavy atom. The number of halogens is 1. The van der Waals surface area contributed by atoms with E-state index in [-0.39, 0.29) is 5.82 Å². The van der Waals surface area contributed by atoms with E-state index in [0.29, 0.717) is 13.0 Å². The lowest BCUT2D eigenvalue weighted by atomic mass is 10.1. The first-order chi connectivity index (χ1) is 10.2. The molecule has 0 saturated heterocycles. The molecule has 0 aliphatic carbocycles. The third kappa shape index (κ3) is 4.56. The maximum Gasteiger partial charge on any atom is 0.203 e. The molecule has 0 fully saturated rings. The monoisotopic (exact) mass is 291 g/mol. The van der Waals surface area contributed by atoms with E-state index in [1.807, 2.05) is 29.8 Å². The lowest BCUT2D eigenvalue weighted by Gasteiger charge is -2.10. The molecule has 114 valence electrons. The Hall–Kier alpha value is -1.88. The number of aryl methyl sites for hydroxylation is 3. The Kier molecular flexibility index (Phi) is 5.75. The lowest BCUT2D eigenvalue weighted by Crippen LogP contribution is -2.11. The molecule has 0 spiro atoms. The van der Waals surface area contributed by atoms with Gasteiger partial charge >= 0.3 is 0 Å². The van der Waals surface area contributed by atoms with Gasteiger partial charge in [0.15, 0.2) is 0 Å². The van der Waals surface area contributed by atoms with Gasteiger partial charge in [0.25, 0.3) is 0 Å². The van der Waals surface area contributed by atoms with Gasteiger partial charge in [-0.15, -0.1) is 0 Å². The fourth-order valence-corrected chi connectivity index (χ4v) is 2.22. The Morgan fingerprint density at radius 1 is 1.33 bits per heavy atom. The number of hydrogen-bond acceptors (Lipinski definition) is 3. The summed E-state index contributed by atoms with van der Waals surface area (Å²) in [4.78, 5) is 4.46. The number of anilines is 1. The van der Waals surface area contributed by atoms with Crippen molar-refractivity contribution in [3.63, 3.8) is 0 Å². The first-order valence-electron chi connectivity index (χ1n) is 7.20. The predicted molar refractivity (Wildman–Crippen MR) is 82.1 cm³/mol. The molecule has 0 unspecified atom stereocenters. The van der Waals surface area contributed by atoms with E-state index < -0.39 is 0 Å². The van der Waals surface area contributed by atoms with E-state index in [1.165, 1.54) is 6.07 Å². The van der Waals surface area contributed by atoms with Crippen molar-refractivity contribution in [3.05, 3.63) is 47.5 Å². The molecule has 0 saturated carbocycles. The summed E-state index contributed by atoms with van der Waals surface area (Å²) in [6.45, 7) is 4.19. The molecule has 1 aromatic carbocycles. The molecule has 0 aliphatic rings. The third-order valence-electron chi connectivity index (χ3n) is 3.29. The summed E-state index contributed by atoms with van der Waals surface area (Å²) < 4.78 is 20.7. The number of rotatable bonds is 8. The van der Waals surface area contributed by atoms with Crippen LogP contribution in [0, 0.1) is 12.7 Å². The highest BCUT2D eigenvalue weighted by molar-refractivity contribution is 5.29. The third-order valence-corrected chi connectivity index (χ3v) is 3.29. The Balaban J connectivity index is 1.95. The van der Waals surface area contributed by atoms with Crippen molar-refractivity contribution in [1.82, 2.24) is 9.55 Å². The lowest BCUT2D eigenvalue weighted by molar-refractivity contribution is 0.197. The summed E-state index contributed by atoms with van der Waals surface area (Å²) in [6, 6.07) is 6.90. The van der Waals surface area contributed by atoms with E-state index in [1.54, 1.807) is 13.2 Å². The summed E-state index contributed by atoms with van der Waals surface area (Å²) in [5, 5.41) is 3.30. The van der Waals surface area contributed by atoms with E-state index in [0.717, 1.165) is 36.8 Å². The molecular weight excluding hydrogens is 269 g/mol. The number of aromatic nitrogens is 2. The van der Waals surface area contributed by atoms with Gasteiger partial charge in [-0.1, -0.05) is 18.2 Å². The van der Waals surface area contributed by atoms with Gasteiger partial charge in [0.1, 0.15) is 5.82 Å². The number of nitrogens with one attached hydrogen (secondary N) is 1. The van der Waals surface area contributed by atoms with Gasteiger partial charge in [-0.2, -0.15) is 0 Å². The average molecular weight is 291 g/mol. The van der Waals surface area contributed by atoms with Crippen LogP contribution < -0.4 is 5.32 Å². The zero-order chi connectivity index (χ0) is 15.1. The van der Waals surface area contributed by atoms with E-state index in [9.17, 15) is 4.39 Å². The summed E-state index contributed by atoms with van der Waals surface area (Å²) in [6.07, 6.45) is 3.56. The minimum atomic E-state index is -0.149. The number of imidazole rings is 1. The first-order valence-corrected chi connectivity index (χ1v) is 7.20. The fraction of sp³-hybridized carbons (Fsp3) is 0.438. The van der Waals surface area contributed by atoms with Crippen LogP contribution in [0.4, 0.5) is 10.3 Å². The molecule has 0 radical (unpaired) electrons. The van der Waals surface area contributed by atoms with Gasteiger partial charge in [0.2, 0.25) is 5.95 Å². The van der Waals surface area contributed by atoms with Crippen LogP contribution in [0.1, 0.15) is 17.7 Å². The smallest absolute Gasteiger partial charge is 0.203 e. The van der Waals surface area contributed by atoms with Crippen molar-refractivity contribution >= 4 is 5.95 Å². The number of nitrogens with zero attached hydrogens (tertiary/aromatic N) is 2. The van der Waals surface area contributed by atoms with Crippen molar-refractivity contribution in [2.45, 2.75) is 26.3 Å². The van der Waals surface area contributed by atoms with Gasteiger partial charge < -0.3 is 14.6 Å². The minimum absolute atomic E-state index is 0.149. The highest BCUT2D eigenvalue weighted by Gasteiger charge is 2.07. The molecule has 2 aromatic rings. The molecule has 5 heteroatoms. The van der Waals surface area contributed by atoms with Crippen LogP contribution in [0.2, 0.25) is 0 Å². The summed E-state index contributed by atoms with van der Waals surface area (Å²) >= 11 is 0. The SMILES string of the molecule is COCCCNc1nc(C)cn1CCc1ccccc1F. The maximum absolute atomic E-state index is 13.6. The second-order valence-corrected chi connectivity index (χ2v) is 5.01. The molecule has 21 heavy (non-hydrogen) atoms. The maximum atomic E-state index is 13.6. The van der Waals surface area contributed by atoms with Gasteiger partial charge in [-0.3, -0.25) is 0 Å². The predicted octanol–water partition coefficient (Wildman–Crippen LogP) is 3.02. The van der Waals surface area contributed by atoms with Gasteiger partial charge in [0, 0.05) is 33.0 Å². The van der Waals surface area contributed by atoms with Crippen LogP contribution in [0.15, 0.2) is 30.5 Å². The average Bonchev–Trinajstić information content (AvgIpc) is 2.83. The molecule has 1 N–H and O–H groups in total. The zero-order valence-corrected chi connectivity index (χ0v) is 12.6. The second-order valence-electron chi connectivity index (χ2n) is 5.01. The van der Waals surface area contributed by atoms with E-state index >= 15 is 0 Å². The van der Waals surface area contributed by atoms with Crippen molar-refractivity contribution in [3.8, 4) is 0 Å². The topological polar surface area (TPSA) is 39.1 Å². The van der Waals surface area contributed by atoms with Gasteiger partial charge in [-0.05, 0) is 31.4 Å². The van der Waals surface area contributed by atoms with Crippen LogP contribution in [-0.4, -0.2) is 29.8 Å². The molecule has 1 aromatic heterocycles. The zero-order valence-electron chi connectivity index (χ0n) is 12.6. The standard InChI is InChI=1S/C16H22FN3O/c1-13-12-20(16(19-13)18-9-5-11-21-2)10-8-14-6-3-4-7-15(14)17/h3-4,6-7,12H,5,8-11H2,1-2H3,(H,18,19). The normalized spacial score (nSPS) is 10.8. The quantitative estimate of drug-likeness (QED) is 0.760. The molecule has 0 atom stereocenters. The number of benzene rings is 1. The van der Waals surface area contributed by atoms with Crippen LogP contribution in [0.25, 0.3) is 0 Å². The van der Waals surface area contributed by atoms with Gasteiger partial charge in [-0.25, -0.2) is 9.37 Å². The first kappa shape index (κ1) is 15.5. The van der Waals surface area contributed by atoms with Crippen molar-refractivity contribution in [1.29, 1.82) is 0 Å². The second kappa shape index (κ2) is 7.78. The Bertz CT molecular complexity index is 568. The molecule has 0 aliphatic heterocycles. The molecular formula is C16H22FN3O. The van der Waals surface area contributed by atoms with Crippen molar-refractivity contribution in [2.75, 3.05) is 25.6 Å². The highest BCUT2D eigenvalue weighted by Crippen LogP contribution is 2.12. The van der Waals surface area contributed by atoms with E-state index in [2.05, 4.69) is 10.3 Å². The number of ether oxygens (including phenoxy) is 1.